The summed E-state index contributed by atoms with van der Waals surface area (Å²) in [5.74, 6) is 0.843. The van der Waals surface area contributed by atoms with Gasteiger partial charge in [-0.05, 0) is 36.2 Å². The third-order valence-electron chi connectivity index (χ3n) is 3.00. The summed E-state index contributed by atoms with van der Waals surface area (Å²) in [6.45, 7) is 2.39. The van der Waals surface area contributed by atoms with E-state index in [1.54, 1.807) is 17.8 Å². The third-order valence-corrected chi connectivity index (χ3v) is 4.46. The van der Waals surface area contributed by atoms with Crippen molar-refractivity contribution in [3.8, 4) is 0 Å². The van der Waals surface area contributed by atoms with Crippen molar-refractivity contribution in [3.63, 3.8) is 0 Å². The average molecular weight is 382 g/mol. The van der Waals surface area contributed by atoms with Crippen LogP contribution in [0.3, 0.4) is 0 Å². The zero-order valence-electron chi connectivity index (χ0n) is 12.2. The Morgan fingerprint density at radius 1 is 1.23 bits per heavy atom. The van der Waals surface area contributed by atoms with Crippen molar-refractivity contribution in [2.24, 2.45) is 0 Å². The lowest BCUT2D eigenvalue weighted by molar-refractivity contribution is -0.118. The molecule has 22 heavy (non-hydrogen) atoms. The molecule has 0 aliphatic heterocycles. The van der Waals surface area contributed by atoms with E-state index in [-0.39, 0.29) is 11.7 Å². The quantitative estimate of drug-likeness (QED) is 0.800. The maximum atomic E-state index is 13.2. The molecule has 0 atom stereocenters. The van der Waals surface area contributed by atoms with Gasteiger partial charge >= 0.3 is 0 Å². The van der Waals surface area contributed by atoms with Gasteiger partial charge < -0.3 is 5.32 Å². The molecule has 0 aliphatic rings. The van der Waals surface area contributed by atoms with Crippen LogP contribution in [0.5, 0.6) is 0 Å². The van der Waals surface area contributed by atoms with Crippen molar-refractivity contribution >= 4 is 33.6 Å². The molecule has 0 fully saturated rings. The van der Waals surface area contributed by atoms with Crippen molar-refractivity contribution in [2.75, 3.05) is 5.75 Å². The molecule has 0 heterocycles. The minimum absolute atomic E-state index is 0.0435. The molecule has 2 aromatic carbocycles. The van der Waals surface area contributed by atoms with E-state index in [9.17, 15) is 9.18 Å². The molecular formula is C17H17BrFNOS. The Bertz CT molecular complexity index is 643. The van der Waals surface area contributed by atoms with E-state index in [0.29, 0.717) is 16.8 Å². The van der Waals surface area contributed by atoms with Crippen LogP contribution in [0.4, 0.5) is 4.39 Å². The van der Waals surface area contributed by atoms with Gasteiger partial charge in [-0.15, -0.1) is 11.8 Å². The molecule has 116 valence electrons. The predicted molar refractivity (Wildman–Crippen MR) is 93.3 cm³/mol. The molecule has 1 amide bonds. The fraction of sp³-hybridized carbons (Fsp3) is 0.235. The number of nitrogens with one attached hydrogen (secondary N) is 1. The van der Waals surface area contributed by atoms with E-state index in [4.69, 9.17) is 0 Å². The molecule has 2 aromatic rings. The summed E-state index contributed by atoms with van der Waals surface area (Å²) < 4.78 is 13.9. The fourth-order valence-corrected chi connectivity index (χ4v) is 3.35. The molecule has 0 aliphatic carbocycles. The minimum atomic E-state index is -0.313. The van der Waals surface area contributed by atoms with Crippen LogP contribution in [0.15, 0.2) is 46.9 Å². The van der Waals surface area contributed by atoms with Gasteiger partial charge in [0.2, 0.25) is 5.91 Å². The highest BCUT2D eigenvalue weighted by atomic mass is 79.9. The van der Waals surface area contributed by atoms with Gasteiger partial charge in [0.15, 0.2) is 0 Å². The molecule has 0 aromatic heterocycles. The number of benzene rings is 2. The number of carbonyl (C=O) groups excluding carboxylic acids is 1. The van der Waals surface area contributed by atoms with Crippen molar-refractivity contribution in [1.82, 2.24) is 5.32 Å². The van der Waals surface area contributed by atoms with E-state index in [1.165, 1.54) is 23.3 Å². The molecule has 0 saturated carbocycles. The van der Waals surface area contributed by atoms with Gasteiger partial charge in [-0.25, -0.2) is 4.39 Å². The maximum Gasteiger partial charge on any atom is 0.230 e. The van der Waals surface area contributed by atoms with Gasteiger partial charge in [0.1, 0.15) is 5.82 Å². The van der Waals surface area contributed by atoms with Crippen LogP contribution >= 0.6 is 27.7 Å². The number of halogens is 2. The highest BCUT2D eigenvalue weighted by Gasteiger charge is 2.04. The number of hydrogen-bond donors (Lipinski definition) is 1. The van der Waals surface area contributed by atoms with Gasteiger partial charge in [0.05, 0.1) is 5.75 Å². The second kappa shape index (κ2) is 8.34. The summed E-state index contributed by atoms with van der Waals surface area (Å²) >= 11 is 4.81. The van der Waals surface area contributed by atoms with E-state index < -0.39 is 0 Å². The minimum Gasteiger partial charge on any atom is -0.351 e. The molecule has 5 heteroatoms. The second-order valence-corrected chi connectivity index (χ2v) is 6.94. The van der Waals surface area contributed by atoms with Gasteiger partial charge in [0, 0.05) is 16.8 Å². The number of carbonyl (C=O) groups is 1. The normalized spacial score (nSPS) is 10.5. The van der Waals surface area contributed by atoms with Crippen molar-refractivity contribution in [3.05, 3.63) is 69.4 Å². The Hall–Kier alpha value is -1.33. The van der Waals surface area contributed by atoms with Gasteiger partial charge in [-0.1, -0.05) is 45.8 Å². The maximum absolute atomic E-state index is 13.2. The van der Waals surface area contributed by atoms with Gasteiger partial charge in [-0.3, -0.25) is 4.79 Å². The summed E-state index contributed by atoms with van der Waals surface area (Å²) in [5.41, 5.74) is 3.18. The number of amides is 1. The number of thioether (sulfide) groups is 1. The first kappa shape index (κ1) is 17.0. The SMILES string of the molecule is Cc1cccc(CSCC(=O)NCc2cc(F)cc(Br)c2)c1. The summed E-state index contributed by atoms with van der Waals surface area (Å²) in [6, 6.07) is 12.9. The van der Waals surface area contributed by atoms with Gasteiger partial charge in [-0.2, -0.15) is 0 Å². The van der Waals surface area contributed by atoms with E-state index in [2.05, 4.69) is 46.4 Å². The molecule has 0 saturated heterocycles. The first-order valence-electron chi connectivity index (χ1n) is 6.88. The lowest BCUT2D eigenvalue weighted by Crippen LogP contribution is -2.24. The zero-order valence-corrected chi connectivity index (χ0v) is 14.6. The van der Waals surface area contributed by atoms with E-state index in [0.717, 1.165) is 11.3 Å². The van der Waals surface area contributed by atoms with E-state index in [1.807, 2.05) is 6.07 Å². The smallest absolute Gasteiger partial charge is 0.230 e. The van der Waals surface area contributed by atoms with Crippen LogP contribution in [0, 0.1) is 12.7 Å². The molecule has 0 unspecified atom stereocenters. The topological polar surface area (TPSA) is 29.1 Å². The molecular weight excluding hydrogens is 365 g/mol. The molecule has 1 N–H and O–H groups in total. The highest BCUT2D eigenvalue weighted by Crippen LogP contribution is 2.15. The Labute approximate surface area is 142 Å². The van der Waals surface area contributed by atoms with Crippen molar-refractivity contribution in [2.45, 2.75) is 19.2 Å². The molecule has 0 spiro atoms. The third kappa shape index (κ3) is 5.81. The summed E-state index contributed by atoms with van der Waals surface area (Å²) in [4.78, 5) is 11.8. The zero-order chi connectivity index (χ0) is 15.9. The number of rotatable bonds is 6. The molecule has 0 radical (unpaired) electrons. The lowest BCUT2D eigenvalue weighted by Gasteiger charge is -2.07. The number of aryl methyl sites for hydroxylation is 1. The first-order chi connectivity index (χ1) is 10.5. The van der Waals surface area contributed by atoms with Crippen LogP contribution in [0.25, 0.3) is 0 Å². The Kier molecular flexibility index (Phi) is 6.46. The van der Waals surface area contributed by atoms with Crippen LogP contribution in [-0.2, 0) is 17.1 Å². The summed E-state index contributed by atoms with van der Waals surface area (Å²) in [7, 11) is 0. The average Bonchev–Trinajstić information content (AvgIpc) is 2.44. The Morgan fingerprint density at radius 2 is 2.05 bits per heavy atom. The van der Waals surface area contributed by atoms with Crippen LogP contribution in [0.2, 0.25) is 0 Å². The summed E-state index contributed by atoms with van der Waals surface area (Å²) in [6.07, 6.45) is 0. The summed E-state index contributed by atoms with van der Waals surface area (Å²) in [5, 5.41) is 2.80. The largest absolute Gasteiger partial charge is 0.351 e. The van der Waals surface area contributed by atoms with Crippen molar-refractivity contribution in [1.29, 1.82) is 0 Å². The second-order valence-electron chi connectivity index (χ2n) is 5.04. The van der Waals surface area contributed by atoms with Crippen molar-refractivity contribution < 1.29 is 9.18 Å². The van der Waals surface area contributed by atoms with E-state index >= 15 is 0 Å². The molecule has 2 rings (SSSR count). The lowest BCUT2D eigenvalue weighted by atomic mass is 10.2. The highest BCUT2D eigenvalue weighted by molar-refractivity contribution is 9.10. The monoisotopic (exact) mass is 381 g/mol. The molecule has 0 bridgehead atoms. The first-order valence-corrected chi connectivity index (χ1v) is 8.82. The predicted octanol–water partition coefficient (Wildman–Crippen LogP) is 4.45. The Morgan fingerprint density at radius 3 is 2.77 bits per heavy atom. The standard InChI is InChI=1S/C17H17BrFNOS/c1-12-3-2-4-13(5-12)10-22-11-17(21)20-9-14-6-15(18)8-16(19)7-14/h2-8H,9-11H2,1H3,(H,20,21). The van der Waals surface area contributed by atoms with Crippen LogP contribution in [0.1, 0.15) is 16.7 Å². The number of hydrogen-bond acceptors (Lipinski definition) is 2. The van der Waals surface area contributed by atoms with Gasteiger partial charge in [0.25, 0.3) is 0 Å². The van der Waals surface area contributed by atoms with Crippen LogP contribution < -0.4 is 5.32 Å². The van der Waals surface area contributed by atoms with Crippen LogP contribution in [-0.4, -0.2) is 11.7 Å². The fourth-order valence-electron chi connectivity index (χ4n) is 2.03. The Balaban J connectivity index is 1.74. The molecule has 2 nitrogen and oxygen atoms in total.